The Bertz CT molecular complexity index is 253. The van der Waals surface area contributed by atoms with Crippen molar-refractivity contribution in [3.8, 4) is 0 Å². The highest BCUT2D eigenvalue weighted by molar-refractivity contribution is 5.83. The number of amides is 1. The van der Waals surface area contributed by atoms with Crippen molar-refractivity contribution < 1.29 is 14.6 Å². The van der Waals surface area contributed by atoms with Gasteiger partial charge in [0.1, 0.15) is 0 Å². The van der Waals surface area contributed by atoms with E-state index in [9.17, 15) is 9.90 Å². The maximum absolute atomic E-state index is 12.2. The highest BCUT2D eigenvalue weighted by atomic mass is 16.5. The normalized spacial score (nSPS) is 25.7. The van der Waals surface area contributed by atoms with Crippen LogP contribution in [0, 0.1) is 5.41 Å². The van der Waals surface area contributed by atoms with E-state index in [2.05, 4.69) is 17.6 Å². The van der Waals surface area contributed by atoms with Crippen LogP contribution >= 0.6 is 0 Å². The molecular weight excluding hydrogens is 232 g/mol. The first-order chi connectivity index (χ1) is 8.64. The van der Waals surface area contributed by atoms with E-state index >= 15 is 0 Å². The van der Waals surface area contributed by atoms with Gasteiger partial charge in [-0.25, -0.2) is 0 Å². The summed E-state index contributed by atoms with van der Waals surface area (Å²) in [6.45, 7) is 4.64. The van der Waals surface area contributed by atoms with Crippen molar-refractivity contribution >= 4 is 5.91 Å². The van der Waals surface area contributed by atoms with Crippen molar-refractivity contribution in [2.24, 2.45) is 5.41 Å². The van der Waals surface area contributed by atoms with Gasteiger partial charge in [-0.05, 0) is 32.2 Å². The van der Waals surface area contributed by atoms with Gasteiger partial charge in [-0.15, -0.1) is 0 Å². The van der Waals surface area contributed by atoms with Crippen molar-refractivity contribution in [2.75, 3.05) is 33.4 Å². The number of piperidine rings is 1. The average molecular weight is 258 g/mol. The molecule has 3 N–H and O–H groups in total. The van der Waals surface area contributed by atoms with E-state index < -0.39 is 6.10 Å². The predicted molar refractivity (Wildman–Crippen MR) is 70.3 cm³/mol. The lowest BCUT2D eigenvalue weighted by atomic mass is 9.77. The first-order valence-corrected chi connectivity index (χ1v) is 6.80. The number of aliphatic hydroxyl groups is 1. The van der Waals surface area contributed by atoms with E-state index in [1.807, 2.05) is 0 Å². The Balaban J connectivity index is 2.34. The minimum atomic E-state index is -0.502. The van der Waals surface area contributed by atoms with Crippen molar-refractivity contribution in [3.63, 3.8) is 0 Å². The molecule has 18 heavy (non-hydrogen) atoms. The molecule has 1 aliphatic rings. The highest BCUT2D eigenvalue weighted by Gasteiger charge is 2.37. The van der Waals surface area contributed by atoms with E-state index in [-0.39, 0.29) is 11.3 Å². The first kappa shape index (κ1) is 15.4. The third-order valence-corrected chi connectivity index (χ3v) is 3.75. The van der Waals surface area contributed by atoms with Gasteiger partial charge in [-0.3, -0.25) is 4.79 Å². The Morgan fingerprint density at radius 2 is 2.39 bits per heavy atom. The van der Waals surface area contributed by atoms with E-state index in [1.165, 1.54) is 0 Å². The number of hydrogen-bond acceptors (Lipinski definition) is 4. The summed E-state index contributed by atoms with van der Waals surface area (Å²) < 4.78 is 4.85. The molecule has 0 aromatic carbocycles. The molecule has 0 aromatic rings. The van der Waals surface area contributed by atoms with Crippen LogP contribution < -0.4 is 10.6 Å². The summed E-state index contributed by atoms with van der Waals surface area (Å²) in [5.74, 6) is 0.113. The van der Waals surface area contributed by atoms with Gasteiger partial charge in [-0.1, -0.05) is 6.92 Å². The Morgan fingerprint density at radius 1 is 1.61 bits per heavy atom. The molecule has 2 atom stereocenters. The summed E-state index contributed by atoms with van der Waals surface area (Å²) in [5, 5.41) is 15.7. The minimum absolute atomic E-state index is 0.113. The number of ether oxygens (including phenoxy) is 1. The number of nitrogens with one attached hydrogen (secondary N) is 2. The second kappa shape index (κ2) is 7.71. The number of aliphatic hydroxyl groups excluding tert-OH is 1. The SMILES string of the molecule is CCC1(C(=O)NCCC(O)COC)CCCNC1. The van der Waals surface area contributed by atoms with Gasteiger partial charge < -0.3 is 20.5 Å². The Labute approximate surface area is 109 Å². The van der Waals surface area contributed by atoms with E-state index in [0.29, 0.717) is 19.6 Å². The lowest BCUT2D eigenvalue weighted by Gasteiger charge is -2.35. The molecule has 1 aliphatic heterocycles. The van der Waals surface area contributed by atoms with Crippen LogP contribution in [0.2, 0.25) is 0 Å². The molecular formula is C13H26N2O3. The molecule has 0 aromatic heterocycles. The van der Waals surface area contributed by atoms with Crippen molar-refractivity contribution in [1.29, 1.82) is 0 Å². The molecule has 1 fully saturated rings. The Morgan fingerprint density at radius 3 is 2.94 bits per heavy atom. The van der Waals surface area contributed by atoms with E-state index in [1.54, 1.807) is 7.11 Å². The van der Waals surface area contributed by atoms with Crippen LogP contribution in [0.15, 0.2) is 0 Å². The van der Waals surface area contributed by atoms with Gasteiger partial charge >= 0.3 is 0 Å². The zero-order valence-corrected chi connectivity index (χ0v) is 11.5. The maximum Gasteiger partial charge on any atom is 0.227 e. The molecule has 0 radical (unpaired) electrons. The van der Waals surface area contributed by atoms with Crippen LogP contribution in [0.25, 0.3) is 0 Å². The highest BCUT2D eigenvalue weighted by Crippen LogP contribution is 2.30. The van der Waals surface area contributed by atoms with Gasteiger partial charge in [0.25, 0.3) is 0 Å². The molecule has 5 heteroatoms. The van der Waals surface area contributed by atoms with Crippen molar-refractivity contribution in [3.05, 3.63) is 0 Å². The molecule has 106 valence electrons. The Hall–Kier alpha value is -0.650. The molecule has 5 nitrogen and oxygen atoms in total. The van der Waals surface area contributed by atoms with Crippen LogP contribution in [-0.4, -0.2) is 50.5 Å². The summed E-state index contributed by atoms with van der Waals surface area (Å²) in [6.07, 6.45) is 2.88. The van der Waals surface area contributed by atoms with Gasteiger partial charge in [0, 0.05) is 20.2 Å². The van der Waals surface area contributed by atoms with Crippen LogP contribution in [0.5, 0.6) is 0 Å². The van der Waals surface area contributed by atoms with E-state index in [0.717, 1.165) is 32.4 Å². The van der Waals surface area contributed by atoms with Gasteiger partial charge in [-0.2, -0.15) is 0 Å². The molecule has 0 bridgehead atoms. The van der Waals surface area contributed by atoms with Crippen molar-refractivity contribution in [2.45, 2.75) is 38.7 Å². The number of carbonyl (C=O) groups excluding carboxylic acids is 1. The standard InChI is InChI=1S/C13H26N2O3/c1-3-13(6-4-7-14-10-13)12(17)15-8-5-11(16)9-18-2/h11,14,16H,3-10H2,1-2H3,(H,15,17). The second-order valence-electron chi connectivity index (χ2n) is 5.07. The first-order valence-electron chi connectivity index (χ1n) is 6.80. The summed E-state index contributed by atoms with van der Waals surface area (Å²) in [4.78, 5) is 12.2. The van der Waals surface area contributed by atoms with Crippen LogP contribution in [-0.2, 0) is 9.53 Å². The lowest BCUT2D eigenvalue weighted by molar-refractivity contribution is -0.132. The summed E-state index contributed by atoms with van der Waals surface area (Å²) in [5.41, 5.74) is -0.259. The number of methoxy groups -OCH3 is 1. The fraction of sp³-hybridized carbons (Fsp3) is 0.923. The topological polar surface area (TPSA) is 70.6 Å². The number of carbonyl (C=O) groups is 1. The minimum Gasteiger partial charge on any atom is -0.391 e. The molecule has 1 amide bonds. The fourth-order valence-corrected chi connectivity index (χ4v) is 2.44. The maximum atomic E-state index is 12.2. The van der Waals surface area contributed by atoms with Gasteiger partial charge in [0.15, 0.2) is 0 Å². The zero-order chi connectivity index (χ0) is 13.4. The lowest BCUT2D eigenvalue weighted by Crippen LogP contribution is -2.50. The predicted octanol–water partition coefficient (Wildman–Crippen LogP) is 0.280. The number of hydrogen-bond donors (Lipinski definition) is 3. The second-order valence-corrected chi connectivity index (χ2v) is 5.07. The molecule has 0 saturated carbocycles. The summed E-state index contributed by atoms with van der Waals surface area (Å²) in [7, 11) is 1.56. The zero-order valence-electron chi connectivity index (χ0n) is 11.5. The van der Waals surface area contributed by atoms with Crippen LogP contribution in [0.4, 0.5) is 0 Å². The Kier molecular flexibility index (Phi) is 6.60. The molecule has 0 spiro atoms. The molecule has 1 rings (SSSR count). The van der Waals surface area contributed by atoms with Crippen LogP contribution in [0.1, 0.15) is 32.6 Å². The molecule has 2 unspecified atom stereocenters. The number of rotatable bonds is 7. The molecule has 1 heterocycles. The third-order valence-electron chi connectivity index (χ3n) is 3.75. The molecule has 1 saturated heterocycles. The summed E-state index contributed by atoms with van der Waals surface area (Å²) >= 11 is 0. The van der Waals surface area contributed by atoms with Crippen molar-refractivity contribution in [1.82, 2.24) is 10.6 Å². The third kappa shape index (κ3) is 4.23. The average Bonchev–Trinajstić information content (AvgIpc) is 2.39. The quantitative estimate of drug-likeness (QED) is 0.613. The van der Waals surface area contributed by atoms with Crippen LogP contribution in [0.3, 0.4) is 0 Å². The largest absolute Gasteiger partial charge is 0.391 e. The fourth-order valence-electron chi connectivity index (χ4n) is 2.44. The van der Waals surface area contributed by atoms with Gasteiger partial charge in [0.2, 0.25) is 5.91 Å². The summed E-state index contributed by atoms with van der Waals surface area (Å²) in [6, 6.07) is 0. The monoisotopic (exact) mass is 258 g/mol. The smallest absolute Gasteiger partial charge is 0.227 e. The van der Waals surface area contributed by atoms with E-state index in [4.69, 9.17) is 4.74 Å². The molecule has 0 aliphatic carbocycles. The van der Waals surface area contributed by atoms with Gasteiger partial charge in [0.05, 0.1) is 18.1 Å².